The number of thiocarbonyl (C=S) groups is 1. The summed E-state index contributed by atoms with van der Waals surface area (Å²) in [5.41, 5.74) is 7.09. The number of aliphatic imine (C=N–C) groups is 1. The Hall–Kier alpha value is -7.61. The minimum absolute atomic E-state index is 0. The molecule has 5 heterocycles. The summed E-state index contributed by atoms with van der Waals surface area (Å²) in [6, 6.07) is 23.2. The third kappa shape index (κ3) is 20.5. The van der Waals surface area contributed by atoms with Crippen LogP contribution in [-0.2, 0) is 38.5 Å². The lowest BCUT2D eigenvalue weighted by Gasteiger charge is -2.30. The van der Waals surface area contributed by atoms with Crippen LogP contribution in [-0.4, -0.2) is 119 Å². The number of benzene rings is 4. The molecule has 7 aromatic rings. The number of nitrogens with zero attached hydrogens (tertiary/aromatic N) is 7. The van der Waals surface area contributed by atoms with Gasteiger partial charge in [-0.1, -0.05) is 45.5 Å². The van der Waals surface area contributed by atoms with E-state index in [0.29, 0.717) is 64.4 Å². The number of anilines is 6. The Balaban J connectivity index is 0.000000305. The SMILES string of the molecule is C.C.C.CNc1ccc(Oc2ccnc(NC(=O)CN3CCC(OC)CC3)c2)cc1N.COC1CCN(CC(=O)Nc2cc(Oc3ccc4c(c3)nc(Nc3cc(C(F)(F)F)ccc3Cl)n4C)ccn2)CC1.FC(F)(F)c1ccc(Cl)c(N=C=S)c1. The minimum Gasteiger partial charge on any atom is -0.457 e. The molecule has 2 aliphatic rings. The zero-order chi connectivity index (χ0) is 59.8. The summed E-state index contributed by atoms with van der Waals surface area (Å²) in [5.74, 6) is 2.98. The Morgan fingerprint density at radius 1 is 0.674 bits per heavy atom. The van der Waals surface area contributed by atoms with Crippen molar-refractivity contribution in [1.29, 1.82) is 0 Å². The molecule has 464 valence electrons. The van der Waals surface area contributed by atoms with Gasteiger partial charge in [0, 0.05) is 91.2 Å². The van der Waals surface area contributed by atoms with E-state index < -0.39 is 23.5 Å². The van der Waals surface area contributed by atoms with Gasteiger partial charge in [0.1, 0.15) is 34.6 Å². The van der Waals surface area contributed by atoms with Gasteiger partial charge < -0.3 is 50.5 Å². The number of pyridine rings is 2. The number of likely N-dealkylation sites (tertiary alicyclic amines) is 2. The van der Waals surface area contributed by atoms with Gasteiger partial charge in [-0.3, -0.25) is 19.4 Å². The van der Waals surface area contributed by atoms with Crippen LogP contribution in [0.4, 0.5) is 66.7 Å². The third-order valence-electron chi connectivity index (χ3n) is 13.1. The summed E-state index contributed by atoms with van der Waals surface area (Å²) in [4.78, 5) is 45.4. The van der Waals surface area contributed by atoms with E-state index in [1.165, 1.54) is 12.3 Å². The Bertz CT molecular complexity index is 3410. The van der Waals surface area contributed by atoms with E-state index >= 15 is 0 Å². The number of carbonyl (C=O) groups excluding carboxylic acids is 2. The molecule has 0 aliphatic carbocycles. The lowest BCUT2D eigenvalue weighted by atomic mass is 10.1. The molecule has 0 saturated carbocycles. The maximum atomic E-state index is 13.2. The molecule has 2 fully saturated rings. The summed E-state index contributed by atoms with van der Waals surface area (Å²) in [7, 11) is 6.98. The molecule has 3 aromatic heterocycles. The smallest absolute Gasteiger partial charge is 0.416 e. The zero-order valence-corrected chi connectivity index (χ0v) is 47.5. The van der Waals surface area contributed by atoms with E-state index in [0.717, 1.165) is 93.4 Å². The summed E-state index contributed by atoms with van der Waals surface area (Å²) in [5, 5.41) is 13.7. The third-order valence-corrected chi connectivity index (χ3v) is 13.8. The van der Waals surface area contributed by atoms with Crippen LogP contribution >= 0.6 is 35.4 Å². The van der Waals surface area contributed by atoms with Gasteiger partial charge in [-0.25, -0.2) is 15.0 Å². The highest BCUT2D eigenvalue weighted by Crippen LogP contribution is 2.37. The van der Waals surface area contributed by atoms with Crippen LogP contribution in [0.25, 0.3) is 11.0 Å². The van der Waals surface area contributed by atoms with Crippen molar-refractivity contribution < 1.29 is 54.9 Å². The van der Waals surface area contributed by atoms with Gasteiger partial charge in [0.25, 0.3) is 0 Å². The van der Waals surface area contributed by atoms with E-state index in [2.05, 4.69) is 63.2 Å². The van der Waals surface area contributed by atoms with Crippen molar-refractivity contribution in [3.8, 4) is 23.0 Å². The number of alkyl halides is 6. The monoisotopic (exact) mass is 1260 g/mol. The number of nitrogens with one attached hydrogen (secondary N) is 4. The molecule has 0 radical (unpaired) electrons. The predicted molar refractivity (Wildman–Crippen MR) is 331 cm³/mol. The lowest BCUT2D eigenvalue weighted by Crippen LogP contribution is -2.41. The van der Waals surface area contributed by atoms with Crippen LogP contribution in [0.1, 0.15) is 59.1 Å². The van der Waals surface area contributed by atoms with E-state index in [1.54, 1.807) is 80.6 Å². The molecular formula is C59H70Cl2F6N12O6S. The molecule has 0 spiro atoms. The van der Waals surface area contributed by atoms with Crippen molar-refractivity contribution in [3.05, 3.63) is 131 Å². The number of amides is 2. The number of nitrogens with two attached hydrogens (primary N) is 1. The van der Waals surface area contributed by atoms with Gasteiger partial charge in [0.15, 0.2) is 0 Å². The number of halogens is 8. The van der Waals surface area contributed by atoms with Crippen molar-refractivity contribution in [3.63, 3.8) is 0 Å². The van der Waals surface area contributed by atoms with Crippen molar-refractivity contribution in [2.24, 2.45) is 12.0 Å². The number of methoxy groups -OCH3 is 2. The highest BCUT2D eigenvalue weighted by Gasteiger charge is 2.32. The van der Waals surface area contributed by atoms with Gasteiger partial charge in [-0.15, -0.1) is 0 Å². The van der Waals surface area contributed by atoms with Crippen LogP contribution in [0.3, 0.4) is 0 Å². The fourth-order valence-electron chi connectivity index (χ4n) is 8.66. The maximum Gasteiger partial charge on any atom is 0.416 e. The molecule has 2 saturated heterocycles. The molecule has 27 heteroatoms. The van der Waals surface area contributed by atoms with Crippen LogP contribution in [0.5, 0.6) is 23.0 Å². The Morgan fingerprint density at radius 3 is 1.63 bits per heavy atom. The second-order valence-corrected chi connectivity index (χ2v) is 19.8. The van der Waals surface area contributed by atoms with Gasteiger partial charge in [-0.05, 0) is 111 Å². The molecule has 2 aliphatic heterocycles. The summed E-state index contributed by atoms with van der Waals surface area (Å²) in [6.07, 6.45) is -1.56. The molecule has 4 aromatic carbocycles. The normalized spacial score (nSPS) is 13.8. The quantitative estimate of drug-likeness (QED) is 0.0264. The number of isothiocyanates is 1. The van der Waals surface area contributed by atoms with Crippen LogP contribution in [0, 0.1) is 0 Å². The first-order valence-corrected chi connectivity index (χ1v) is 26.8. The number of rotatable bonds is 16. The van der Waals surface area contributed by atoms with Gasteiger partial charge in [-0.2, -0.15) is 31.3 Å². The molecule has 86 heavy (non-hydrogen) atoms. The van der Waals surface area contributed by atoms with Crippen molar-refractivity contribution in [2.45, 2.75) is 72.5 Å². The lowest BCUT2D eigenvalue weighted by molar-refractivity contribution is -0.138. The van der Waals surface area contributed by atoms with E-state index in [-0.39, 0.29) is 68.2 Å². The Kier molecular flexibility index (Phi) is 27.0. The van der Waals surface area contributed by atoms with Gasteiger partial charge >= 0.3 is 12.4 Å². The Labute approximate surface area is 511 Å². The molecule has 2 amide bonds. The van der Waals surface area contributed by atoms with Crippen molar-refractivity contribution in [2.75, 3.05) is 87.5 Å². The number of carbonyl (C=O) groups is 2. The predicted octanol–water partition coefficient (Wildman–Crippen LogP) is 14.8. The molecule has 9 rings (SSSR count). The van der Waals surface area contributed by atoms with Crippen LogP contribution < -0.4 is 36.5 Å². The molecule has 6 N–H and O–H groups in total. The van der Waals surface area contributed by atoms with Crippen LogP contribution in [0.15, 0.2) is 114 Å². The number of hydrogen-bond acceptors (Lipinski definition) is 16. The summed E-state index contributed by atoms with van der Waals surface area (Å²) >= 11 is 16.0. The second kappa shape index (κ2) is 32.8. The van der Waals surface area contributed by atoms with E-state index in [4.69, 9.17) is 47.9 Å². The molecule has 0 atom stereocenters. The zero-order valence-electron chi connectivity index (χ0n) is 45.2. The number of aromatic nitrogens is 4. The number of hydrogen-bond donors (Lipinski definition) is 5. The maximum absolute atomic E-state index is 13.2. The highest BCUT2D eigenvalue weighted by molar-refractivity contribution is 7.78. The standard InChI is InChI=1S/C28H28ClF3N6O3.C20H27N5O3.C8H3ClF3NS.3CH4/c1-37-24-6-4-19(14-23(24)35-27(37)34-22-13-17(28(30,31)32)3-5-21(22)29)41-20-7-10-33-25(15-20)36-26(39)16-38-11-8-18(40-2)9-12-38;1-22-18-4-3-15(11-17(18)21)28-16-5-8-23-19(12-16)24-20(26)13-25-9-6-14(27-2)7-10-25;9-6-2-1-5(8(10,11)12)3-7(6)13-4-14;;;/h3-7,10,13-15,18H,8-9,11-12,16H2,1-2H3,(H,34,35)(H,33,36,39);3-5,8,11-12,14,22H,6-7,9-10,13,21H2,1-2H3,(H,23,24,26);1-3H;3*1H4. The van der Waals surface area contributed by atoms with Crippen LogP contribution in [0.2, 0.25) is 10.0 Å². The van der Waals surface area contributed by atoms with Crippen molar-refractivity contribution >= 4 is 104 Å². The number of nitrogen functional groups attached to an aromatic ring is 1. The summed E-state index contributed by atoms with van der Waals surface area (Å²) < 4.78 is 100. The molecule has 18 nitrogen and oxygen atoms in total. The highest BCUT2D eigenvalue weighted by atomic mass is 35.5. The minimum atomic E-state index is -4.50. The Morgan fingerprint density at radius 2 is 1.15 bits per heavy atom. The first kappa shape index (κ1) is 70.9. The molecule has 0 unspecified atom stereocenters. The second-order valence-electron chi connectivity index (χ2n) is 18.8. The van der Waals surface area contributed by atoms with Gasteiger partial charge in [0.05, 0.1) is 85.4 Å². The fourth-order valence-corrected chi connectivity index (χ4v) is 9.09. The number of piperidine rings is 2. The average molecular weight is 1260 g/mol. The number of ether oxygens (including phenoxy) is 4. The first-order valence-electron chi connectivity index (χ1n) is 25.6. The number of aryl methyl sites for hydroxylation is 1. The largest absolute Gasteiger partial charge is 0.457 e. The summed E-state index contributed by atoms with van der Waals surface area (Å²) in [6.45, 7) is 3.90. The fraction of sp³-hybridized carbons (Fsp3) is 0.356. The van der Waals surface area contributed by atoms with E-state index in [1.807, 2.05) is 24.3 Å². The topological polar surface area (TPSA) is 208 Å². The number of fused-ring (bicyclic) bond motifs is 1. The van der Waals surface area contributed by atoms with Crippen molar-refractivity contribution in [1.82, 2.24) is 29.3 Å². The molecular weight excluding hydrogens is 1190 g/mol. The average Bonchev–Trinajstić information content (AvgIpc) is 2.20. The molecule has 0 bridgehead atoms. The number of imidazole rings is 1. The first-order chi connectivity index (χ1) is 39.6. The van der Waals surface area contributed by atoms with Gasteiger partial charge in [0.2, 0.25) is 17.8 Å². The van der Waals surface area contributed by atoms with E-state index in [9.17, 15) is 35.9 Å².